The molecule has 0 rings (SSSR count). The fourth-order valence-electron chi connectivity index (χ4n) is 1.29. The molecule has 0 fully saturated rings. The van der Waals surface area contributed by atoms with Crippen LogP contribution in [0.3, 0.4) is 0 Å². The number of nitrogens with two attached hydrogens (primary N) is 3. The van der Waals surface area contributed by atoms with E-state index in [1.165, 1.54) is 12.8 Å². The van der Waals surface area contributed by atoms with Gasteiger partial charge in [-0.1, -0.05) is 40.0 Å². The summed E-state index contributed by atoms with van der Waals surface area (Å²) in [5.41, 5.74) is 17.0. The minimum Gasteiger partial charge on any atom is -0.330 e. The average molecular weight is 201 g/mol. The molecule has 0 aliphatic rings. The zero-order valence-corrected chi connectivity index (χ0v) is 9.97. The molecule has 0 aromatic heterocycles. The third kappa shape index (κ3) is 4.94. The lowest BCUT2D eigenvalue weighted by Crippen LogP contribution is -2.59. The van der Waals surface area contributed by atoms with Gasteiger partial charge in [0.25, 0.3) is 0 Å². The van der Waals surface area contributed by atoms with Crippen molar-refractivity contribution in [3.05, 3.63) is 0 Å². The van der Waals surface area contributed by atoms with Crippen molar-refractivity contribution >= 4 is 0 Å². The van der Waals surface area contributed by atoms with Gasteiger partial charge in [0.2, 0.25) is 0 Å². The van der Waals surface area contributed by atoms with Gasteiger partial charge >= 0.3 is 0 Å². The van der Waals surface area contributed by atoms with E-state index in [0.29, 0.717) is 0 Å². The van der Waals surface area contributed by atoms with Crippen LogP contribution in [-0.2, 0) is 0 Å². The van der Waals surface area contributed by atoms with Gasteiger partial charge in [0, 0.05) is 0 Å². The summed E-state index contributed by atoms with van der Waals surface area (Å²) in [4.78, 5) is 0. The van der Waals surface area contributed by atoms with Crippen molar-refractivity contribution in [3.63, 3.8) is 0 Å². The molecular formula is C11H27N3. The first-order valence-corrected chi connectivity index (χ1v) is 5.59. The maximum atomic E-state index is 6.06. The minimum atomic E-state index is -0.546. The van der Waals surface area contributed by atoms with Gasteiger partial charge in [-0.2, -0.15) is 0 Å². The predicted molar refractivity (Wildman–Crippen MR) is 62.7 cm³/mol. The first-order chi connectivity index (χ1) is 6.31. The Morgan fingerprint density at radius 2 is 1.36 bits per heavy atom. The zero-order valence-electron chi connectivity index (χ0n) is 9.97. The molecule has 0 aliphatic heterocycles. The lowest BCUT2D eigenvalue weighted by Gasteiger charge is -2.38. The van der Waals surface area contributed by atoms with Gasteiger partial charge in [-0.05, 0) is 24.8 Å². The largest absolute Gasteiger partial charge is 0.330 e. The molecule has 0 amide bonds. The highest BCUT2D eigenvalue weighted by molar-refractivity contribution is 4.89. The van der Waals surface area contributed by atoms with Crippen molar-refractivity contribution in [2.75, 3.05) is 6.54 Å². The molecule has 3 nitrogen and oxygen atoms in total. The zero-order chi connectivity index (χ0) is 11.2. The third-order valence-electron chi connectivity index (χ3n) is 2.94. The molecule has 0 atom stereocenters. The van der Waals surface area contributed by atoms with Crippen molar-refractivity contribution in [1.82, 2.24) is 0 Å². The SMILES string of the molecule is CC(C)(C)C(N)(N)CCCCCCN. The van der Waals surface area contributed by atoms with Crippen molar-refractivity contribution < 1.29 is 0 Å². The van der Waals surface area contributed by atoms with Gasteiger partial charge in [-0.15, -0.1) is 0 Å². The van der Waals surface area contributed by atoms with Gasteiger partial charge in [-0.3, -0.25) is 0 Å². The fraction of sp³-hybridized carbons (Fsp3) is 1.00. The molecule has 0 saturated carbocycles. The Kier molecular flexibility index (Phi) is 5.64. The quantitative estimate of drug-likeness (QED) is 0.451. The average Bonchev–Trinajstić information content (AvgIpc) is 2.02. The highest BCUT2D eigenvalue weighted by Crippen LogP contribution is 2.27. The maximum absolute atomic E-state index is 6.06. The van der Waals surface area contributed by atoms with E-state index in [0.717, 1.165) is 25.8 Å². The molecule has 0 radical (unpaired) electrons. The van der Waals surface area contributed by atoms with Crippen LogP contribution in [0.5, 0.6) is 0 Å². The highest BCUT2D eigenvalue weighted by atomic mass is 15.0. The first-order valence-electron chi connectivity index (χ1n) is 5.59. The molecule has 6 N–H and O–H groups in total. The van der Waals surface area contributed by atoms with Crippen LogP contribution in [0.25, 0.3) is 0 Å². The molecule has 0 unspecified atom stereocenters. The van der Waals surface area contributed by atoms with Crippen LogP contribution in [-0.4, -0.2) is 12.2 Å². The summed E-state index contributed by atoms with van der Waals surface area (Å²) in [6.45, 7) is 7.06. The van der Waals surface area contributed by atoms with Gasteiger partial charge in [0.15, 0.2) is 0 Å². The smallest absolute Gasteiger partial charge is 0.0686 e. The van der Waals surface area contributed by atoms with E-state index >= 15 is 0 Å². The highest BCUT2D eigenvalue weighted by Gasteiger charge is 2.33. The van der Waals surface area contributed by atoms with Crippen LogP contribution < -0.4 is 17.2 Å². The summed E-state index contributed by atoms with van der Waals surface area (Å²) in [5.74, 6) is 0. The van der Waals surface area contributed by atoms with Gasteiger partial charge in [0.05, 0.1) is 5.66 Å². The normalized spacial score (nSPS) is 13.3. The van der Waals surface area contributed by atoms with Gasteiger partial charge < -0.3 is 17.2 Å². The Balaban J connectivity index is 3.67. The van der Waals surface area contributed by atoms with Crippen molar-refractivity contribution in [3.8, 4) is 0 Å². The van der Waals surface area contributed by atoms with Crippen LogP contribution >= 0.6 is 0 Å². The molecule has 0 spiro atoms. The Hall–Kier alpha value is -0.120. The second-order valence-corrected chi connectivity index (χ2v) is 5.24. The Morgan fingerprint density at radius 3 is 1.79 bits per heavy atom. The van der Waals surface area contributed by atoms with Crippen molar-refractivity contribution in [2.45, 2.75) is 58.5 Å². The van der Waals surface area contributed by atoms with Crippen LogP contribution in [0.4, 0.5) is 0 Å². The monoisotopic (exact) mass is 201 g/mol. The van der Waals surface area contributed by atoms with E-state index in [4.69, 9.17) is 17.2 Å². The van der Waals surface area contributed by atoms with E-state index in [2.05, 4.69) is 20.8 Å². The summed E-state index contributed by atoms with van der Waals surface area (Å²) in [6.07, 6.45) is 5.48. The summed E-state index contributed by atoms with van der Waals surface area (Å²) in [6, 6.07) is 0. The second kappa shape index (κ2) is 5.69. The third-order valence-corrected chi connectivity index (χ3v) is 2.94. The summed E-state index contributed by atoms with van der Waals surface area (Å²) in [5, 5.41) is 0. The molecule has 3 heteroatoms. The first kappa shape index (κ1) is 13.9. The second-order valence-electron chi connectivity index (χ2n) is 5.24. The molecule has 0 bridgehead atoms. The van der Waals surface area contributed by atoms with Crippen LogP contribution in [0.1, 0.15) is 52.9 Å². The minimum absolute atomic E-state index is 0.0269. The summed E-state index contributed by atoms with van der Waals surface area (Å²) in [7, 11) is 0. The van der Waals surface area contributed by atoms with E-state index < -0.39 is 5.66 Å². The predicted octanol–water partition coefficient (Wildman–Crippen LogP) is 1.56. The topological polar surface area (TPSA) is 78.1 Å². The number of hydrogen-bond donors (Lipinski definition) is 3. The van der Waals surface area contributed by atoms with E-state index in [9.17, 15) is 0 Å². The standard InChI is InChI=1S/C11H27N3/c1-10(2,3)11(13,14)8-6-4-5-7-9-12/h4-9,12-14H2,1-3H3. The Morgan fingerprint density at radius 1 is 0.857 bits per heavy atom. The fourth-order valence-corrected chi connectivity index (χ4v) is 1.29. The molecular weight excluding hydrogens is 174 g/mol. The van der Waals surface area contributed by atoms with E-state index in [-0.39, 0.29) is 5.41 Å². The molecule has 86 valence electrons. The maximum Gasteiger partial charge on any atom is 0.0686 e. The Bertz CT molecular complexity index is 147. The lowest BCUT2D eigenvalue weighted by molar-refractivity contribution is 0.176. The number of unbranched alkanes of at least 4 members (excludes halogenated alkanes) is 3. The molecule has 0 aromatic rings. The molecule has 0 saturated heterocycles. The van der Waals surface area contributed by atoms with Crippen LogP contribution in [0, 0.1) is 5.41 Å². The molecule has 0 aliphatic carbocycles. The summed E-state index contributed by atoms with van der Waals surface area (Å²) < 4.78 is 0. The van der Waals surface area contributed by atoms with Gasteiger partial charge in [-0.25, -0.2) is 0 Å². The molecule has 0 aromatic carbocycles. The van der Waals surface area contributed by atoms with Crippen molar-refractivity contribution in [2.24, 2.45) is 22.6 Å². The Labute approximate surface area is 88.4 Å². The van der Waals surface area contributed by atoms with E-state index in [1.807, 2.05) is 0 Å². The number of rotatable bonds is 6. The van der Waals surface area contributed by atoms with Gasteiger partial charge in [0.1, 0.15) is 0 Å². The van der Waals surface area contributed by atoms with Crippen molar-refractivity contribution in [1.29, 1.82) is 0 Å². The number of hydrogen-bond acceptors (Lipinski definition) is 3. The summed E-state index contributed by atoms with van der Waals surface area (Å²) >= 11 is 0. The molecule has 0 heterocycles. The van der Waals surface area contributed by atoms with Crippen LogP contribution in [0.2, 0.25) is 0 Å². The molecule has 14 heavy (non-hydrogen) atoms. The van der Waals surface area contributed by atoms with Crippen LogP contribution in [0.15, 0.2) is 0 Å². The lowest BCUT2D eigenvalue weighted by atomic mass is 9.78. The van der Waals surface area contributed by atoms with E-state index in [1.54, 1.807) is 0 Å².